The molecule has 0 radical (unpaired) electrons. The van der Waals surface area contributed by atoms with E-state index in [1.807, 2.05) is 25.1 Å². The Morgan fingerprint density at radius 1 is 1.50 bits per heavy atom. The zero-order valence-electron chi connectivity index (χ0n) is 8.75. The third-order valence-electron chi connectivity index (χ3n) is 2.41. The van der Waals surface area contributed by atoms with Gasteiger partial charge >= 0.3 is 0 Å². The van der Waals surface area contributed by atoms with Crippen molar-refractivity contribution in [3.63, 3.8) is 0 Å². The summed E-state index contributed by atoms with van der Waals surface area (Å²) >= 11 is 5.93. The van der Waals surface area contributed by atoms with Crippen molar-refractivity contribution < 1.29 is 4.79 Å². The summed E-state index contributed by atoms with van der Waals surface area (Å²) in [6.07, 6.45) is 3.04. The SMILES string of the molecule is Cc1[nH]c2ccc(Cl)cc2c1/C=C/C(N)=O. The van der Waals surface area contributed by atoms with Gasteiger partial charge in [0, 0.05) is 33.3 Å². The van der Waals surface area contributed by atoms with Crippen LogP contribution in [0.3, 0.4) is 0 Å². The zero-order valence-corrected chi connectivity index (χ0v) is 9.51. The van der Waals surface area contributed by atoms with E-state index < -0.39 is 5.91 Å². The molecule has 1 amide bonds. The number of aromatic nitrogens is 1. The molecule has 0 atom stereocenters. The molecule has 0 saturated carbocycles. The standard InChI is InChI=1S/C12H11ClN2O/c1-7-9(3-5-12(14)16)10-6-8(13)2-4-11(10)15-7/h2-6,15H,1H3,(H2,14,16)/b5-3+. The van der Waals surface area contributed by atoms with Crippen LogP contribution in [0.1, 0.15) is 11.3 Å². The molecule has 0 aliphatic rings. The molecule has 3 N–H and O–H groups in total. The predicted molar refractivity (Wildman–Crippen MR) is 66.3 cm³/mol. The highest BCUT2D eigenvalue weighted by molar-refractivity contribution is 6.31. The number of aromatic amines is 1. The topological polar surface area (TPSA) is 58.9 Å². The van der Waals surface area contributed by atoms with Crippen LogP contribution in [0.4, 0.5) is 0 Å². The molecule has 1 aromatic heterocycles. The molecule has 0 unspecified atom stereocenters. The van der Waals surface area contributed by atoms with Crippen LogP contribution < -0.4 is 5.73 Å². The van der Waals surface area contributed by atoms with Crippen LogP contribution in [0.25, 0.3) is 17.0 Å². The fraction of sp³-hybridized carbons (Fsp3) is 0.0833. The largest absolute Gasteiger partial charge is 0.366 e. The van der Waals surface area contributed by atoms with Crippen molar-refractivity contribution in [2.75, 3.05) is 0 Å². The van der Waals surface area contributed by atoms with Gasteiger partial charge < -0.3 is 10.7 Å². The Kier molecular flexibility index (Phi) is 2.71. The molecule has 1 heterocycles. The Bertz CT molecular complexity index is 584. The van der Waals surface area contributed by atoms with Gasteiger partial charge in [0.2, 0.25) is 5.91 Å². The molecule has 0 spiro atoms. The van der Waals surface area contributed by atoms with E-state index in [0.717, 1.165) is 22.2 Å². The number of amides is 1. The lowest BCUT2D eigenvalue weighted by Crippen LogP contribution is -2.05. The summed E-state index contributed by atoms with van der Waals surface area (Å²) in [6.45, 7) is 1.94. The number of benzene rings is 1. The highest BCUT2D eigenvalue weighted by Gasteiger charge is 2.06. The van der Waals surface area contributed by atoms with E-state index in [-0.39, 0.29) is 0 Å². The second-order valence-electron chi connectivity index (χ2n) is 3.59. The molecule has 0 fully saturated rings. The highest BCUT2D eigenvalue weighted by Crippen LogP contribution is 2.26. The average molecular weight is 235 g/mol. The highest BCUT2D eigenvalue weighted by atomic mass is 35.5. The fourth-order valence-electron chi connectivity index (χ4n) is 1.70. The summed E-state index contributed by atoms with van der Waals surface area (Å²) in [4.78, 5) is 13.9. The van der Waals surface area contributed by atoms with Crippen molar-refractivity contribution in [3.8, 4) is 0 Å². The van der Waals surface area contributed by atoms with Gasteiger partial charge in [-0.05, 0) is 31.2 Å². The lowest BCUT2D eigenvalue weighted by Gasteiger charge is -1.94. The summed E-state index contributed by atoms with van der Waals surface area (Å²) in [7, 11) is 0. The number of halogens is 1. The molecule has 16 heavy (non-hydrogen) atoms. The number of hydrogen-bond acceptors (Lipinski definition) is 1. The van der Waals surface area contributed by atoms with Crippen molar-refractivity contribution >= 4 is 34.5 Å². The lowest BCUT2D eigenvalue weighted by atomic mass is 10.1. The Morgan fingerprint density at radius 3 is 2.94 bits per heavy atom. The molecule has 0 aliphatic heterocycles. The minimum atomic E-state index is -0.462. The molecular formula is C12H11ClN2O. The third-order valence-corrected chi connectivity index (χ3v) is 2.65. The second kappa shape index (κ2) is 4.02. The van der Waals surface area contributed by atoms with E-state index in [1.54, 1.807) is 6.08 Å². The number of rotatable bonds is 2. The monoisotopic (exact) mass is 234 g/mol. The first-order valence-electron chi connectivity index (χ1n) is 4.83. The van der Waals surface area contributed by atoms with Crippen LogP contribution in [0.15, 0.2) is 24.3 Å². The predicted octanol–water partition coefficient (Wildman–Crippen LogP) is 2.63. The van der Waals surface area contributed by atoms with Crippen LogP contribution in [-0.2, 0) is 4.79 Å². The van der Waals surface area contributed by atoms with E-state index in [0.29, 0.717) is 5.02 Å². The normalized spacial score (nSPS) is 11.4. The molecule has 2 rings (SSSR count). The summed E-state index contributed by atoms with van der Waals surface area (Å²) in [5.74, 6) is -0.462. The molecule has 3 nitrogen and oxygen atoms in total. The van der Waals surface area contributed by atoms with Crippen LogP contribution in [-0.4, -0.2) is 10.9 Å². The molecule has 82 valence electrons. The minimum Gasteiger partial charge on any atom is -0.366 e. The van der Waals surface area contributed by atoms with Crippen LogP contribution in [0.5, 0.6) is 0 Å². The van der Waals surface area contributed by atoms with Gasteiger partial charge in [-0.1, -0.05) is 11.6 Å². The first-order chi connectivity index (χ1) is 7.58. The molecule has 1 aromatic carbocycles. The van der Waals surface area contributed by atoms with Gasteiger partial charge in [0.1, 0.15) is 0 Å². The average Bonchev–Trinajstić information content (AvgIpc) is 2.51. The van der Waals surface area contributed by atoms with Crippen molar-refractivity contribution in [2.24, 2.45) is 5.73 Å². The Morgan fingerprint density at radius 2 is 2.25 bits per heavy atom. The maximum Gasteiger partial charge on any atom is 0.241 e. The van der Waals surface area contributed by atoms with Crippen molar-refractivity contribution in [2.45, 2.75) is 6.92 Å². The molecule has 0 bridgehead atoms. The van der Waals surface area contributed by atoms with Gasteiger partial charge in [-0.15, -0.1) is 0 Å². The molecule has 2 aromatic rings. The van der Waals surface area contributed by atoms with Crippen LogP contribution >= 0.6 is 11.6 Å². The van der Waals surface area contributed by atoms with Crippen LogP contribution in [0.2, 0.25) is 5.02 Å². The van der Waals surface area contributed by atoms with Crippen LogP contribution in [0, 0.1) is 6.92 Å². The lowest BCUT2D eigenvalue weighted by molar-refractivity contribution is -0.113. The van der Waals surface area contributed by atoms with Crippen molar-refractivity contribution in [3.05, 3.63) is 40.6 Å². The first kappa shape index (κ1) is 10.8. The number of carbonyl (C=O) groups is 1. The molecule has 0 saturated heterocycles. The number of aryl methyl sites for hydroxylation is 1. The number of hydrogen-bond donors (Lipinski definition) is 2. The van der Waals surface area contributed by atoms with Gasteiger partial charge in [-0.25, -0.2) is 0 Å². The smallest absolute Gasteiger partial charge is 0.241 e. The summed E-state index contributed by atoms with van der Waals surface area (Å²) < 4.78 is 0. The number of carbonyl (C=O) groups excluding carboxylic acids is 1. The maximum absolute atomic E-state index is 10.7. The summed E-state index contributed by atoms with van der Waals surface area (Å²) in [5, 5.41) is 1.66. The number of nitrogens with one attached hydrogen (secondary N) is 1. The van der Waals surface area contributed by atoms with Gasteiger partial charge in [0.25, 0.3) is 0 Å². The van der Waals surface area contributed by atoms with E-state index in [1.165, 1.54) is 6.08 Å². The van der Waals surface area contributed by atoms with Gasteiger partial charge in [0.15, 0.2) is 0 Å². The molecule has 4 heteroatoms. The van der Waals surface area contributed by atoms with E-state index in [2.05, 4.69) is 4.98 Å². The summed E-state index contributed by atoms with van der Waals surface area (Å²) in [5.41, 5.74) is 7.99. The third kappa shape index (κ3) is 1.95. The Labute approximate surface area is 97.9 Å². The molecular weight excluding hydrogens is 224 g/mol. The minimum absolute atomic E-state index is 0.462. The number of fused-ring (bicyclic) bond motifs is 1. The van der Waals surface area contributed by atoms with E-state index in [4.69, 9.17) is 17.3 Å². The quantitative estimate of drug-likeness (QED) is 0.771. The van der Waals surface area contributed by atoms with E-state index in [9.17, 15) is 4.79 Å². The first-order valence-corrected chi connectivity index (χ1v) is 5.21. The van der Waals surface area contributed by atoms with E-state index >= 15 is 0 Å². The summed E-state index contributed by atoms with van der Waals surface area (Å²) in [6, 6.07) is 5.59. The van der Waals surface area contributed by atoms with Crippen molar-refractivity contribution in [1.82, 2.24) is 4.98 Å². The Hall–Kier alpha value is -1.74. The van der Waals surface area contributed by atoms with Gasteiger partial charge in [-0.3, -0.25) is 4.79 Å². The second-order valence-corrected chi connectivity index (χ2v) is 4.03. The van der Waals surface area contributed by atoms with Crippen molar-refractivity contribution in [1.29, 1.82) is 0 Å². The molecule has 0 aliphatic carbocycles. The number of H-pyrrole nitrogens is 1. The zero-order chi connectivity index (χ0) is 11.7. The maximum atomic E-state index is 10.7. The van der Waals surface area contributed by atoms with Gasteiger partial charge in [-0.2, -0.15) is 0 Å². The number of primary amides is 1. The Balaban J connectivity index is 2.62. The van der Waals surface area contributed by atoms with Gasteiger partial charge in [0.05, 0.1) is 0 Å². The fourth-order valence-corrected chi connectivity index (χ4v) is 1.87. The number of nitrogens with two attached hydrogens (primary N) is 1.